The molecule has 5 rings (SSSR count). The second kappa shape index (κ2) is 8.59. The first-order chi connectivity index (χ1) is 16.7. The number of hydrogen-bond acceptors (Lipinski definition) is 5. The summed E-state index contributed by atoms with van der Waals surface area (Å²) in [5.41, 5.74) is 0.596. The number of halogens is 1. The van der Waals surface area contributed by atoms with Crippen LogP contribution in [0.3, 0.4) is 0 Å². The van der Waals surface area contributed by atoms with Crippen LogP contribution in [0.4, 0.5) is 15.8 Å². The molecule has 7 nitrogen and oxygen atoms in total. The molecule has 3 aromatic rings. The molecule has 2 N–H and O–H groups in total. The van der Waals surface area contributed by atoms with Gasteiger partial charge in [0.05, 0.1) is 18.0 Å². The molecule has 2 aromatic carbocycles. The molecule has 8 heteroatoms. The van der Waals surface area contributed by atoms with E-state index in [9.17, 15) is 14.7 Å². The smallest absolute Gasteiger partial charge is 0.341 e. The Bertz CT molecular complexity index is 1350. The molecular weight excluding hydrogens is 449 g/mol. The lowest BCUT2D eigenvalue weighted by Crippen LogP contribution is -2.52. The molecule has 1 atom stereocenters. The highest BCUT2D eigenvalue weighted by atomic mass is 19.1. The van der Waals surface area contributed by atoms with Gasteiger partial charge < -0.3 is 24.6 Å². The van der Waals surface area contributed by atoms with Gasteiger partial charge in [-0.1, -0.05) is 32.0 Å². The standard InChI is InChI=1S/C27H30FN3O4/c1-27(2)15-30(12-11-21(27)29-16-7-5-4-6-8-16)23-20(28)13-18-22(25(23)35-3)31(17-9-10-17)14-19(24(18)32)26(33)34/h4-8,13-14,17,21,29H,9-12,15H2,1-3H3,(H,33,34). The number of nitrogens with zero attached hydrogens (tertiary/aromatic N) is 2. The Labute approximate surface area is 203 Å². The molecule has 0 radical (unpaired) electrons. The van der Waals surface area contributed by atoms with Gasteiger partial charge in [0.1, 0.15) is 11.3 Å². The minimum Gasteiger partial charge on any atom is -0.492 e. The zero-order valence-corrected chi connectivity index (χ0v) is 20.2. The Kier molecular flexibility index (Phi) is 5.69. The number of anilines is 2. The SMILES string of the molecule is COc1c(N2CCC(Nc3ccccc3)C(C)(C)C2)c(F)cc2c(=O)c(C(=O)O)cn(C3CC3)c12. The Morgan fingerprint density at radius 2 is 1.91 bits per heavy atom. The van der Waals surface area contributed by atoms with E-state index in [-0.39, 0.29) is 34.2 Å². The lowest BCUT2D eigenvalue weighted by atomic mass is 9.78. The van der Waals surface area contributed by atoms with E-state index in [0.29, 0.717) is 24.3 Å². The number of fused-ring (bicyclic) bond motifs is 1. The summed E-state index contributed by atoms with van der Waals surface area (Å²) in [6.07, 6.45) is 3.91. The first kappa shape index (κ1) is 23.2. The van der Waals surface area contributed by atoms with Gasteiger partial charge in [-0.05, 0) is 37.5 Å². The molecule has 1 aromatic heterocycles. The first-order valence-electron chi connectivity index (χ1n) is 12.0. The van der Waals surface area contributed by atoms with Gasteiger partial charge in [0, 0.05) is 42.5 Å². The third kappa shape index (κ3) is 4.11. The van der Waals surface area contributed by atoms with E-state index in [1.165, 1.54) is 19.4 Å². The van der Waals surface area contributed by atoms with Gasteiger partial charge in [0.15, 0.2) is 11.6 Å². The molecule has 1 saturated heterocycles. The number of para-hydroxylation sites is 1. The third-order valence-electron chi connectivity index (χ3n) is 7.23. The summed E-state index contributed by atoms with van der Waals surface area (Å²) < 4.78 is 23.2. The number of nitrogens with one attached hydrogen (secondary N) is 1. The zero-order chi connectivity index (χ0) is 24.9. The minimum absolute atomic E-state index is 0.0368. The van der Waals surface area contributed by atoms with Crippen LogP contribution >= 0.6 is 0 Å². The summed E-state index contributed by atoms with van der Waals surface area (Å²) in [5, 5.41) is 13.2. The van der Waals surface area contributed by atoms with Crippen molar-refractivity contribution in [1.29, 1.82) is 0 Å². The highest BCUT2D eigenvalue weighted by Crippen LogP contribution is 2.45. The molecule has 35 heavy (non-hydrogen) atoms. The van der Waals surface area contributed by atoms with Crippen LogP contribution in [0.5, 0.6) is 5.75 Å². The maximum atomic E-state index is 15.7. The van der Waals surface area contributed by atoms with Crippen molar-refractivity contribution in [3.8, 4) is 5.75 Å². The predicted octanol–water partition coefficient (Wildman–Crippen LogP) is 4.90. The molecule has 2 heterocycles. The van der Waals surface area contributed by atoms with E-state index in [4.69, 9.17) is 4.74 Å². The van der Waals surface area contributed by atoms with Gasteiger partial charge in [-0.3, -0.25) is 4.79 Å². The minimum atomic E-state index is -1.32. The number of methoxy groups -OCH3 is 1. The van der Waals surface area contributed by atoms with Crippen LogP contribution in [-0.4, -0.2) is 41.9 Å². The molecule has 0 amide bonds. The fourth-order valence-corrected chi connectivity index (χ4v) is 5.27. The Morgan fingerprint density at radius 1 is 1.20 bits per heavy atom. The van der Waals surface area contributed by atoms with Gasteiger partial charge in [0.25, 0.3) is 0 Å². The Hall–Kier alpha value is -3.55. The highest BCUT2D eigenvalue weighted by Gasteiger charge is 2.39. The number of carbonyl (C=O) groups is 1. The molecular formula is C27H30FN3O4. The van der Waals surface area contributed by atoms with Crippen molar-refractivity contribution in [2.24, 2.45) is 5.41 Å². The molecule has 1 aliphatic carbocycles. The number of carboxylic acid groups (broad SMARTS) is 1. The average Bonchev–Trinajstić information content (AvgIpc) is 3.66. The van der Waals surface area contributed by atoms with Crippen LogP contribution in [0.1, 0.15) is 49.5 Å². The molecule has 0 bridgehead atoms. The van der Waals surface area contributed by atoms with Crippen molar-refractivity contribution in [3.05, 3.63) is 64.2 Å². The van der Waals surface area contributed by atoms with Crippen LogP contribution in [0.2, 0.25) is 0 Å². The van der Waals surface area contributed by atoms with E-state index < -0.39 is 17.2 Å². The summed E-state index contributed by atoms with van der Waals surface area (Å²) in [5.74, 6) is -1.61. The number of aromatic nitrogens is 1. The molecule has 2 aliphatic rings. The van der Waals surface area contributed by atoms with Crippen molar-refractivity contribution < 1.29 is 19.0 Å². The molecule has 1 aliphatic heterocycles. The number of ether oxygens (including phenoxy) is 1. The molecule has 1 unspecified atom stereocenters. The van der Waals surface area contributed by atoms with Crippen LogP contribution in [0, 0.1) is 11.2 Å². The van der Waals surface area contributed by atoms with Crippen molar-refractivity contribution in [2.45, 2.75) is 45.2 Å². The van der Waals surface area contributed by atoms with Crippen LogP contribution < -0.4 is 20.4 Å². The quantitative estimate of drug-likeness (QED) is 0.523. The normalized spacial score (nSPS) is 19.5. The molecule has 0 spiro atoms. The zero-order valence-electron chi connectivity index (χ0n) is 20.2. The highest BCUT2D eigenvalue weighted by molar-refractivity contribution is 5.97. The largest absolute Gasteiger partial charge is 0.492 e. The number of benzene rings is 2. The fraction of sp³-hybridized carbons (Fsp3) is 0.407. The maximum absolute atomic E-state index is 15.7. The van der Waals surface area contributed by atoms with Crippen LogP contribution in [0.25, 0.3) is 10.9 Å². The number of carboxylic acids is 1. The van der Waals surface area contributed by atoms with E-state index in [1.807, 2.05) is 35.2 Å². The van der Waals surface area contributed by atoms with Crippen LogP contribution in [-0.2, 0) is 0 Å². The van der Waals surface area contributed by atoms with E-state index >= 15 is 4.39 Å². The Morgan fingerprint density at radius 3 is 2.51 bits per heavy atom. The van der Waals surface area contributed by atoms with Crippen molar-refractivity contribution in [1.82, 2.24) is 4.57 Å². The molecule has 2 fully saturated rings. The summed E-state index contributed by atoms with van der Waals surface area (Å²) in [6.45, 7) is 5.50. The lowest BCUT2D eigenvalue weighted by molar-refractivity contribution is 0.0694. The second-order valence-electron chi connectivity index (χ2n) is 10.2. The monoisotopic (exact) mass is 479 g/mol. The summed E-state index contributed by atoms with van der Waals surface area (Å²) in [4.78, 5) is 26.6. The number of pyridine rings is 1. The van der Waals surface area contributed by atoms with Crippen molar-refractivity contribution in [2.75, 3.05) is 30.4 Å². The van der Waals surface area contributed by atoms with Crippen molar-refractivity contribution in [3.63, 3.8) is 0 Å². The molecule has 1 saturated carbocycles. The van der Waals surface area contributed by atoms with E-state index in [0.717, 1.165) is 24.9 Å². The van der Waals surface area contributed by atoms with Gasteiger partial charge in [-0.25, -0.2) is 9.18 Å². The summed E-state index contributed by atoms with van der Waals surface area (Å²) >= 11 is 0. The Balaban J connectivity index is 1.58. The maximum Gasteiger partial charge on any atom is 0.341 e. The average molecular weight is 480 g/mol. The van der Waals surface area contributed by atoms with E-state index in [1.54, 1.807) is 4.57 Å². The van der Waals surface area contributed by atoms with E-state index in [2.05, 4.69) is 19.2 Å². The van der Waals surface area contributed by atoms with Gasteiger partial charge in [0.2, 0.25) is 5.43 Å². The van der Waals surface area contributed by atoms with Crippen LogP contribution in [0.15, 0.2) is 47.4 Å². The summed E-state index contributed by atoms with van der Waals surface area (Å²) in [6, 6.07) is 11.5. The number of aromatic carboxylic acids is 1. The fourth-order valence-electron chi connectivity index (χ4n) is 5.27. The van der Waals surface area contributed by atoms with Crippen molar-refractivity contribution >= 4 is 28.2 Å². The second-order valence-corrected chi connectivity index (χ2v) is 10.2. The van der Waals surface area contributed by atoms with Gasteiger partial charge >= 0.3 is 5.97 Å². The predicted molar refractivity (Wildman–Crippen MR) is 134 cm³/mol. The number of hydrogen-bond donors (Lipinski definition) is 2. The molecule has 184 valence electrons. The number of piperidine rings is 1. The third-order valence-corrected chi connectivity index (χ3v) is 7.23. The first-order valence-corrected chi connectivity index (χ1v) is 12.0. The summed E-state index contributed by atoms with van der Waals surface area (Å²) in [7, 11) is 1.47. The topological polar surface area (TPSA) is 83.8 Å². The van der Waals surface area contributed by atoms with Gasteiger partial charge in [-0.15, -0.1) is 0 Å². The lowest BCUT2D eigenvalue weighted by Gasteiger charge is -2.46. The van der Waals surface area contributed by atoms with Gasteiger partial charge in [-0.2, -0.15) is 0 Å². The number of rotatable bonds is 6.